The van der Waals surface area contributed by atoms with Crippen LogP contribution in [0, 0.1) is 0 Å². The number of hydrogen-bond donors (Lipinski definition) is 2. The molecule has 1 aromatic carbocycles. The van der Waals surface area contributed by atoms with Crippen LogP contribution >= 0.6 is 0 Å². The zero-order valence-electron chi connectivity index (χ0n) is 11.1. The number of methoxy groups -OCH3 is 1. The lowest BCUT2D eigenvalue weighted by Gasteiger charge is -2.03. The van der Waals surface area contributed by atoms with Crippen molar-refractivity contribution in [2.45, 2.75) is 6.18 Å². The van der Waals surface area contributed by atoms with Gasteiger partial charge in [-0.15, -0.1) is 5.10 Å². The highest BCUT2D eigenvalue weighted by molar-refractivity contribution is 6.04. The first-order valence-corrected chi connectivity index (χ1v) is 5.80. The number of benzene rings is 1. The highest BCUT2D eigenvalue weighted by atomic mass is 19.4. The van der Waals surface area contributed by atoms with Gasteiger partial charge in [0.25, 0.3) is 5.91 Å². The minimum Gasteiger partial charge on any atom is -0.465 e. The van der Waals surface area contributed by atoms with E-state index in [0.29, 0.717) is 0 Å². The van der Waals surface area contributed by atoms with E-state index in [1.54, 1.807) is 5.10 Å². The molecule has 10 heteroatoms. The van der Waals surface area contributed by atoms with Gasteiger partial charge in [-0.2, -0.15) is 18.2 Å². The first-order valence-electron chi connectivity index (χ1n) is 5.80. The average molecular weight is 314 g/mol. The molecule has 0 aliphatic rings. The molecular weight excluding hydrogens is 305 g/mol. The summed E-state index contributed by atoms with van der Waals surface area (Å²) in [6.07, 6.45) is -4.69. The minimum atomic E-state index is -4.69. The number of nitrogens with one attached hydrogen (secondary N) is 2. The Balaban J connectivity index is 2.16. The van der Waals surface area contributed by atoms with E-state index in [-0.39, 0.29) is 11.1 Å². The van der Waals surface area contributed by atoms with Crippen LogP contribution in [0.25, 0.3) is 0 Å². The Morgan fingerprint density at radius 1 is 1.27 bits per heavy atom. The van der Waals surface area contributed by atoms with E-state index in [2.05, 4.69) is 20.1 Å². The van der Waals surface area contributed by atoms with E-state index in [4.69, 9.17) is 0 Å². The van der Waals surface area contributed by atoms with Crippen molar-refractivity contribution in [3.63, 3.8) is 0 Å². The van der Waals surface area contributed by atoms with Crippen LogP contribution in [0.2, 0.25) is 0 Å². The van der Waals surface area contributed by atoms with Crippen molar-refractivity contribution in [1.82, 2.24) is 15.2 Å². The molecule has 2 rings (SSSR count). The number of carbonyl (C=O) groups excluding carboxylic acids is 2. The Hall–Kier alpha value is -2.91. The zero-order chi connectivity index (χ0) is 16.3. The standard InChI is InChI=1S/C12H9F3N4O3/c1-22-9(21)7-4-2-3-6(5-7)8(20)16-11-17-10(18-19-11)12(13,14)15/h2-5H,1H3,(H2,16,17,18,19,20). The molecule has 0 radical (unpaired) electrons. The molecule has 0 fully saturated rings. The Morgan fingerprint density at radius 3 is 2.55 bits per heavy atom. The largest absolute Gasteiger partial charge is 0.465 e. The number of anilines is 1. The Kier molecular flexibility index (Phi) is 4.11. The normalized spacial score (nSPS) is 11.1. The number of alkyl halides is 3. The molecule has 2 aromatic rings. The zero-order valence-corrected chi connectivity index (χ0v) is 11.1. The molecule has 0 aliphatic heterocycles. The van der Waals surface area contributed by atoms with Crippen molar-refractivity contribution < 1.29 is 27.5 Å². The second-order valence-electron chi connectivity index (χ2n) is 4.03. The molecule has 1 amide bonds. The molecule has 0 unspecified atom stereocenters. The van der Waals surface area contributed by atoms with Gasteiger partial charge in [0, 0.05) is 5.56 Å². The summed E-state index contributed by atoms with van der Waals surface area (Å²) in [6, 6.07) is 5.47. The fraction of sp³-hybridized carbons (Fsp3) is 0.167. The number of rotatable bonds is 3. The van der Waals surface area contributed by atoms with Gasteiger partial charge in [0.15, 0.2) is 0 Å². The number of aromatic amines is 1. The molecule has 0 spiro atoms. The number of ether oxygens (including phenoxy) is 1. The van der Waals surface area contributed by atoms with Crippen molar-refractivity contribution in [2.24, 2.45) is 0 Å². The summed E-state index contributed by atoms with van der Waals surface area (Å²) in [5.41, 5.74) is 0.169. The van der Waals surface area contributed by atoms with Crippen molar-refractivity contribution in [3.8, 4) is 0 Å². The maximum absolute atomic E-state index is 12.3. The Morgan fingerprint density at radius 2 is 1.95 bits per heavy atom. The molecule has 0 saturated heterocycles. The molecule has 1 aromatic heterocycles. The quantitative estimate of drug-likeness (QED) is 0.843. The van der Waals surface area contributed by atoms with Crippen LogP contribution in [0.15, 0.2) is 24.3 Å². The summed E-state index contributed by atoms with van der Waals surface area (Å²) in [7, 11) is 1.18. The number of H-pyrrole nitrogens is 1. The topological polar surface area (TPSA) is 97.0 Å². The number of carbonyl (C=O) groups is 2. The van der Waals surface area contributed by atoms with Gasteiger partial charge < -0.3 is 4.74 Å². The van der Waals surface area contributed by atoms with E-state index in [9.17, 15) is 22.8 Å². The average Bonchev–Trinajstić information content (AvgIpc) is 2.95. The SMILES string of the molecule is COC(=O)c1cccc(C(=O)Nc2n[nH]c(C(F)(F)F)n2)c1. The first kappa shape index (κ1) is 15.5. The van der Waals surface area contributed by atoms with Crippen LogP contribution in [0.3, 0.4) is 0 Å². The Bertz CT molecular complexity index is 712. The van der Waals surface area contributed by atoms with Gasteiger partial charge >= 0.3 is 12.1 Å². The second-order valence-corrected chi connectivity index (χ2v) is 4.03. The molecule has 1 heterocycles. The molecule has 116 valence electrons. The van der Waals surface area contributed by atoms with Gasteiger partial charge in [0.1, 0.15) is 0 Å². The fourth-order valence-electron chi connectivity index (χ4n) is 1.52. The maximum Gasteiger partial charge on any atom is 0.451 e. The molecular formula is C12H9F3N4O3. The number of halogens is 3. The van der Waals surface area contributed by atoms with Crippen LogP contribution in [0.4, 0.5) is 19.1 Å². The fourth-order valence-corrected chi connectivity index (χ4v) is 1.52. The number of nitrogens with zero attached hydrogens (tertiary/aromatic N) is 2. The predicted molar refractivity (Wildman–Crippen MR) is 67.1 cm³/mol. The summed E-state index contributed by atoms with van der Waals surface area (Å²) in [4.78, 5) is 26.4. The summed E-state index contributed by atoms with van der Waals surface area (Å²) in [5, 5.41) is 7.00. The van der Waals surface area contributed by atoms with E-state index in [1.165, 1.54) is 31.4 Å². The lowest BCUT2D eigenvalue weighted by Crippen LogP contribution is -2.14. The molecule has 0 aliphatic carbocycles. The van der Waals surface area contributed by atoms with E-state index < -0.39 is 29.8 Å². The van der Waals surface area contributed by atoms with Gasteiger partial charge in [-0.25, -0.2) is 4.79 Å². The van der Waals surface area contributed by atoms with Crippen molar-refractivity contribution in [2.75, 3.05) is 12.4 Å². The molecule has 0 atom stereocenters. The smallest absolute Gasteiger partial charge is 0.451 e. The summed E-state index contributed by atoms with van der Waals surface area (Å²) < 4.78 is 41.5. The summed E-state index contributed by atoms with van der Waals surface area (Å²) >= 11 is 0. The van der Waals surface area contributed by atoms with Crippen LogP contribution < -0.4 is 5.32 Å². The number of aromatic nitrogens is 3. The van der Waals surface area contributed by atoms with Gasteiger partial charge in [0.2, 0.25) is 11.8 Å². The monoisotopic (exact) mass is 314 g/mol. The van der Waals surface area contributed by atoms with E-state index in [0.717, 1.165) is 0 Å². The van der Waals surface area contributed by atoms with Gasteiger partial charge in [0.05, 0.1) is 12.7 Å². The number of amides is 1. The van der Waals surface area contributed by atoms with Gasteiger partial charge in [-0.3, -0.25) is 15.2 Å². The van der Waals surface area contributed by atoms with Crippen molar-refractivity contribution >= 4 is 17.8 Å². The molecule has 22 heavy (non-hydrogen) atoms. The van der Waals surface area contributed by atoms with E-state index >= 15 is 0 Å². The summed E-state index contributed by atoms with van der Waals surface area (Å²) in [6.45, 7) is 0. The van der Waals surface area contributed by atoms with Gasteiger partial charge in [-0.05, 0) is 18.2 Å². The van der Waals surface area contributed by atoms with Crippen LogP contribution in [0.5, 0.6) is 0 Å². The second kappa shape index (κ2) is 5.84. The third kappa shape index (κ3) is 3.40. The molecule has 0 bridgehead atoms. The maximum atomic E-state index is 12.3. The highest BCUT2D eigenvalue weighted by Gasteiger charge is 2.35. The van der Waals surface area contributed by atoms with Crippen molar-refractivity contribution in [1.29, 1.82) is 0 Å². The first-order chi connectivity index (χ1) is 10.3. The lowest BCUT2D eigenvalue weighted by molar-refractivity contribution is -0.144. The van der Waals surface area contributed by atoms with Crippen molar-refractivity contribution in [3.05, 3.63) is 41.2 Å². The van der Waals surface area contributed by atoms with Crippen LogP contribution in [-0.4, -0.2) is 34.2 Å². The number of esters is 1. The third-order valence-corrected chi connectivity index (χ3v) is 2.53. The van der Waals surface area contributed by atoms with E-state index in [1.807, 2.05) is 0 Å². The van der Waals surface area contributed by atoms with Crippen LogP contribution in [0.1, 0.15) is 26.5 Å². The molecule has 0 saturated carbocycles. The Labute approximate surface area is 121 Å². The van der Waals surface area contributed by atoms with Crippen LogP contribution in [-0.2, 0) is 10.9 Å². The third-order valence-electron chi connectivity index (χ3n) is 2.53. The van der Waals surface area contributed by atoms with Gasteiger partial charge in [-0.1, -0.05) is 6.07 Å². The lowest BCUT2D eigenvalue weighted by atomic mass is 10.1. The number of hydrogen-bond acceptors (Lipinski definition) is 5. The highest BCUT2D eigenvalue weighted by Crippen LogP contribution is 2.26. The predicted octanol–water partition coefficient (Wildman–Crippen LogP) is 1.86. The minimum absolute atomic E-state index is 0.0428. The summed E-state index contributed by atoms with van der Waals surface area (Å²) in [5.74, 6) is -3.27. The molecule has 2 N–H and O–H groups in total. The molecule has 7 nitrogen and oxygen atoms in total.